The van der Waals surface area contributed by atoms with Crippen LogP contribution in [0, 0.1) is 6.92 Å². The molecule has 0 unspecified atom stereocenters. The number of para-hydroxylation sites is 1. The van der Waals surface area contributed by atoms with Crippen molar-refractivity contribution < 1.29 is 4.74 Å². The van der Waals surface area contributed by atoms with Gasteiger partial charge in [0.2, 0.25) is 0 Å². The van der Waals surface area contributed by atoms with Gasteiger partial charge in [-0.3, -0.25) is 4.40 Å². The van der Waals surface area contributed by atoms with Crippen molar-refractivity contribution in [2.24, 2.45) is 5.73 Å². The molecule has 1 aromatic carbocycles. The van der Waals surface area contributed by atoms with E-state index in [1.165, 1.54) is 0 Å². The largest absolute Gasteiger partial charge is 0.495 e. The minimum Gasteiger partial charge on any atom is -0.495 e. The van der Waals surface area contributed by atoms with Crippen molar-refractivity contribution in [3.8, 4) is 5.75 Å². The highest BCUT2D eigenvalue weighted by molar-refractivity contribution is 5.90. The summed E-state index contributed by atoms with van der Waals surface area (Å²) in [6.45, 7) is 2.40. The van der Waals surface area contributed by atoms with Gasteiger partial charge in [-0.1, -0.05) is 12.1 Å². The molecule has 0 fully saturated rings. The topological polar surface area (TPSA) is 65.4 Å². The average Bonchev–Trinajstić information content (AvgIpc) is 2.81. The van der Waals surface area contributed by atoms with E-state index in [9.17, 15) is 0 Å². The van der Waals surface area contributed by atoms with Crippen LogP contribution in [0.3, 0.4) is 0 Å². The standard InChI is InChI=1S/C13H14N4O/c1-8-6-11-15-16-12(7-14)17(11)13-9(8)4-3-5-10(13)18-2/h3-6H,7,14H2,1-2H3. The molecule has 2 N–H and O–H groups in total. The van der Waals surface area contributed by atoms with Gasteiger partial charge in [-0.05, 0) is 24.6 Å². The normalized spacial score (nSPS) is 11.3. The minimum absolute atomic E-state index is 0.345. The van der Waals surface area contributed by atoms with Gasteiger partial charge >= 0.3 is 0 Å². The van der Waals surface area contributed by atoms with Crippen LogP contribution in [0.15, 0.2) is 24.3 Å². The molecule has 0 aliphatic rings. The summed E-state index contributed by atoms with van der Waals surface area (Å²) in [5, 5.41) is 9.39. The van der Waals surface area contributed by atoms with Gasteiger partial charge in [0.05, 0.1) is 19.2 Å². The molecule has 92 valence electrons. The van der Waals surface area contributed by atoms with Crippen LogP contribution in [0.25, 0.3) is 16.6 Å². The number of fused-ring (bicyclic) bond motifs is 3. The summed E-state index contributed by atoms with van der Waals surface area (Å²) < 4.78 is 7.40. The van der Waals surface area contributed by atoms with E-state index in [0.29, 0.717) is 6.54 Å². The maximum atomic E-state index is 5.72. The Balaban J connectivity index is 2.60. The summed E-state index contributed by atoms with van der Waals surface area (Å²) in [7, 11) is 1.66. The average molecular weight is 242 g/mol. The molecule has 0 saturated carbocycles. The van der Waals surface area contributed by atoms with Gasteiger partial charge < -0.3 is 10.5 Å². The third-order valence-corrected chi connectivity index (χ3v) is 3.15. The molecule has 0 aliphatic carbocycles. The summed E-state index contributed by atoms with van der Waals surface area (Å²) in [5.41, 5.74) is 8.63. The third kappa shape index (κ3) is 1.37. The van der Waals surface area contributed by atoms with E-state index in [2.05, 4.69) is 23.2 Å². The van der Waals surface area contributed by atoms with E-state index in [1.54, 1.807) is 7.11 Å². The van der Waals surface area contributed by atoms with Crippen molar-refractivity contribution in [1.29, 1.82) is 0 Å². The van der Waals surface area contributed by atoms with Gasteiger partial charge in [-0.15, -0.1) is 10.2 Å². The summed E-state index contributed by atoms with van der Waals surface area (Å²) >= 11 is 0. The predicted molar refractivity (Wildman–Crippen MR) is 69.7 cm³/mol. The van der Waals surface area contributed by atoms with Gasteiger partial charge in [-0.25, -0.2) is 0 Å². The molecule has 0 spiro atoms. The second kappa shape index (κ2) is 3.96. The number of aromatic nitrogens is 3. The lowest BCUT2D eigenvalue weighted by Crippen LogP contribution is -2.04. The lowest BCUT2D eigenvalue weighted by molar-refractivity contribution is 0.418. The van der Waals surface area contributed by atoms with Crippen molar-refractivity contribution in [2.75, 3.05) is 7.11 Å². The van der Waals surface area contributed by atoms with Gasteiger partial charge in [0.25, 0.3) is 0 Å². The van der Waals surface area contributed by atoms with Crippen LogP contribution in [-0.2, 0) is 6.54 Å². The van der Waals surface area contributed by atoms with Crippen LogP contribution in [0.4, 0.5) is 0 Å². The maximum Gasteiger partial charge on any atom is 0.161 e. The molecule has 0 bridgehead atoms. The lowest BCUT2D eigenvalue weighted by atomic mass is 10.1. The number of pyridine rings is 1. The third-order valence-electron chi connectivity index (χ3n) is 3.15. The Morgan fingerprint density at radius 3 is 2.89 bits per heavy atom. The molecule has 5 nitrogen and oxygen atoms in total. The number of benzene rings is 1. The number of methoxy groups -OCH3 is 1. The SMILES string of the molecule is COc1cccc2c(C)cc3nnc(CN)n3c12. The first-order valence-corrected chi connectivity index (χ1v) is 5.76. The molecule has 0 atom stereocenters. The fourth-order valence-corrected chi connectivity index (χ4v) is 2.31. The quantitative estimate of drug-likeness (QED) is 0.742. The Labute approximate surface area is 104 Å². The lowest BCUT2D eigenvalue weighted by Gasteiger charge is -2.10. The highest BCUT2D eigenvalue weighted by atomic mass is 16.5. The van der Waals surface area contributed by atoms with Crippen molar-refractivity contribution in [2.45, 2.75) is 13.5 Å². The molecular weight excluding hydrogens is 228 g/mol. The van der Waals surface area contributed by atoms with Crippen molar-refractivity contribution in [3.05, 3.63) is 35.7 Å². The first-order valence-electron chi connectivity index (χ1n) is 5.76. The fourth-order valence-electron chi connectivity index (χ4n) is 2.31. The molecule has 0 radical (unpaired) electrons. The van der Waals surface area contributed by atoms with Crippen molar-refractivity contribution in [3.63, 3.8) is 0 Å². The zero-order valence-corrected chi connectivity index (χ0v) is 10.3. The first-order chi connectivity index (χ1) is 8.76. The Hall–Kier alpha value is -2.14. The van der Waals surface area contributed by atoms with Crippen molar-refractivity contribution >= 4 is 16.6 Å². The van der Waals surface area contributed by atoms with E-state index >= 15 is 0 Å². The van der Waals surface area contributed by atoms with Gasteiger partial charge in [0.1, 0.15) is 5.75 Å². The zero-order chi connectivity index (χ0) is 12.7. The van der Waals surface area contributed by atoms with Gasteiger partial charge in [-0.2, -0.15) is 0 Å². The van der Waals surface area contributed by atoms with Crippen LogP contribution in [-0.4, -0.2) is 21.7 Å². The highest BCUT2D eigenvalue weighted by Crippen LogP contribution is 2.29. The number of rotatable bonds is 2. The monoisotopic (exact) mass is 242 g/mol. The first kappa shape index (κ1) is 11.0. The molecule has 3 rings (SSSR count). The summed E-state index contributed by atoms with van der Waals surface area (Å²) in [6, 6.07) is 7.98. The van der Waals surface area contributed by atoms with Crippen LogP contribution in [0.1, 0.15) is 11.4 Å². The molecule has 2 aromatic heterocycles. The molecule has 18 heavy (non-hydrogen) atoms. The van der Waals surface area contributed by atoms with Crippen LogP contribution >= 0.6 is 0 Å². The smallest absolute Gasteiger partial charge is 0.161 e. The molecule has 2 heterocycles. The molecule has 3 aromatic rings. The second-order valence-corrected chi connectivity index (χ2v) is 4.20. The van der Waals surface area contributed by atoms with E-state index in [-0.39, 0.29) is 0 Å². The molecule has 0 saturated heterocycles. The van der Waals surface area contributed by atoms with Crippen LogP contribution < -0.4 is 10.5 Å². The number of aryl methyl sites for hydroxylation is 1. The van der Waals surface area contributed by atoms with Gasteiger partial charge in [0.15, 0.2) is 11.5 Å². The van der Waals surface area contributed by atoms with E-state index < -0.39 is 0 Å². The Morgan fingerprint density at radius 1 is 1.33 bits per heavy atom. The number of hydrogen-bond donors (Lipinski definition) is 1. The van der Waals surface area contributed by atoms with Crippen molar-refractivity contribution in [1.82, 2.24) is 14.6 Å². The number of ether oxygens (including phenoxy) is 1. The number of nitrogens with two attached hydrogens (primary N) is 1. The second-order valence-electron chi connectivity index (χ2n) is 4.20. The predicted octanol–water partition coefficient (Wildman–Crippen LogP) is 1.66. The van der Waals surface area contributed by atoms with E-state index in [0.717, 1.165) is 33.7 Å². The number of nitrogens with zero attached hydrogens (tertiary/aromatic N) is 3. The van der Waals surface area contributed by atoms with E-state index in [1.807, 2.05) is 22.6 Å². The molecular formula is C13H14N4O. The Bertz CT molecular complexity index is 733. The molecule has 0 amide bonds. The Kier molecular flexibility index (Phi) is 2.41. The van der Waals surface area contributed by atoms with Crippen LogP contribution in [0.2, 0.25) is 0 Å². The van der Waals surface area contributed by atoms with Crippen LogP contribution in [0.5, 0.6) is 5.75 Å². The van der Waals surface area contributed by atoms with Gasteiger partial charge in [0, 0.05) is 5.39 Å². The number of hydrogen-bond acceptors (Lipinski definition) is 4. The highest BCUT2D eigenvalue weighted by Gasteiger charge is 2.13. The fraction of sp³-hybridized carbons (Fsp3) is 0.231. The van der Waals surface area contributed by atoms with E-state index in [4.69, 9.17) is 10.5 Å². The summed E-state index contributed by atoms with van der Waals surface area (Å²) in [5.74, 6) is 1.54. The summed E-state index contributed by atoms with van der Waals surface area (Å²) in [6.07, 6.45) is 0. The Morgan fingerprint density at radius 2 is 2.17 bits per heavy atom. The molecule has 0 aliphatic heterocycles. The zero-order valence-electron chi connectivity index (χ0n) is 10.3. The summed E-state index contributed by atoms with van der Waals surface area (Å²) in [4.78, 5) is 0. The minimum atomic E-state index is 0.345. The molecule has 5 heteroatoms. The maximum absolute atomic E-state index is 5.72.